The third-order valence-corrected chi connectivity index (χ3v) is 5.56. The van der Waals surface area contributed by atoms with Crippen LogP contribution < -0.4 is 0 Å². The molecule has 132 valence electrons. The van der Waals surface area contributed by atoms with Crippen LogP contribution >= 0.6 is 0 Å². The van der Waals surface area contributed by atoms with Gasteiger partial charge in [-0.2, -0.15) is 0 Å². The molecule has 2 aliphatic rings. The van der Waals surface area contributed by atoms with Crippen molar-refractivity contribution in [3.05, 3.63) is 66.3 Å². The summed E-state index contributed by atoms with van der Waals surface area (Å²) in [6, 6.07) is 9.95. The zero-order chi connectivity index (χ0) is 17.7. The number of imidazole rings is 1. The minimum absolute atomic E-state index is 0.0284. The summed E-state index contributed by atoms with van der Waals surface area (Å²) < 4.78 is 20.7. The van der Waals surface area contributed by atoms with Crippen LogP contribution in [0.25, 0.3) is 11.3 Å². The molecule has 1 amide bonds. The highest BCUT2D eigenvalue weighted by Gasteiger charge is 2.46. The lowest BCUT2D eigenvalue weighted by Gasteiger charge is -2.23. The lowest BCUT2D eigenvalue weighted by Crippen LogP contribution is -2.32. The van der Waals surface area contributed by atoms with Crippen molar-refractivity contribution in [3.63, 3.8) is 0 Å². The number of amides is 1. The molecule has 4 heterocycles. The molecule has 0 aliphatic carbocycles. The molecule has 1 spiro atoms. The summed E-state index contributed by atoms with van der Waals surface area (Å²) in [6.45, 7) is 2.27. The Hall–Kier alpha value is -2.89. The van der Waals surface area contributed by atoms with Gasteiger partial charge >= 0.3 is 0 Å². The average molecular weight is 351 g/mol. The van der Waals surface area contributed by atoms with Gasteiger partial charge in [0.25, 0.3) is 5.91 Å². The first-order chi connectivity index (χ1) is 12.6. The van der Waals surface area contributed by atoms with Crippen molar-refractivity contribution in [2.24, 2.45) is 5.41 Å². The summed E-state index contributed by atoms with van der Waals surface area (Å²) in [6.07, 6.45) is 5.19. The molecular weight excluding hydrogens is 333 g/mol. The second kappa shape index (κ2) is 5.56. The topological polar surface area (TPSA) is 51.3 Å². The Labute approximate surface area is 150 Å². The number of rotatable bonds is 2. The van der Waals surface area contributed by atoms with E-state index in [-0.39, 0.29) is 17.1 Å². The normalized spacial score (nSPS) is 21.5. The smallest absolute Gasteiger partial charge is 0.289 e. The van der Waals surface area contributed by atoms with Crippen molar-refractivity contribution < 1.29 is 13.6 Å². The molecule has 0 unspecified atom stereocenters. The van der Waals surface area contributed by atoms with Crippen LogP contribution in [0.2, 0.25) is 0 Å². The quantitative estimate of drug-likeness (QED) is 0.711. The van der Waals surface area contributed by atoms with E-state index >= 15 is 0 Å². The first-order valence-electron chi connectivity index (χ1n) is 8.77. The number of hydrogen-bond donors (Lipinski definition) is 0. The maximum absolute atomic E-state index is 13.2. The molecule has 1 fully saturated rings. The van der Waals surface area contributed by atoms with Gasteiger partial charge in [0.1, 0.15) is 11.6 Å². The second-order valence-corrected chi connectivity index (χ2v) is 7.28. The molecule has 0 saturated carbocycles. The molecule has 3 aromatic rings. The van der Waals surface area contributed by atoms with Crippen molar-refractivity contribution >= 4 is 5.91 Å². The predicted octanol–water partition coefficient (Wildman–Crippen LogP) is 3.37. The highest BCUT2D eigenvalue weighted by molar-refractivity contribution is 5.91. The third-order valence-electron chi connectivity index (χ3n) is 5.56. The Morgan fingerprint density at radius 2 is 2.04 bits per heavy atom. The van der Waals surface area contributed by atoms with Gasteiger partial charge in [0, 0.05) is 31.5 Å². The van der Waals surface area contributed by atoms with Crippen LogP contribution in [-0.4, -0.2) is 33.4 Å². The Bertz CT molecular complexity index is 962. The number of halogens is 1. The summed E-state index contributed by atoms with van der Waals surface area (Å²) in [5.74, 6) is 1.14. The number of nitrogens with zero attached hydrogens (tertiary/aromatic N) is 3. The lowest BCUT2D eigenvalue weighted by atomic mass is 9.86. The van der Waals surface area contributed by atoms with E-state index in [0.717, 1.165) is 43.0 Å². The van der Waals surface area contributed by atoms with E-state index in [2.05, 4.69) is 9.55 Å². The Balaban J connectivity index is 1.38. The number of likely N-dealkylation sites (tertiary alicyclic amines) is 1. The van der Waals surface area contributed by atoms with Crippen molar-refractivity contribution in [3.8, 4) is 11.3 Å². The highest BCUT2D eigenvalue weighted by Crippen LogP contribution is 2.42. The predicted molar refractivity (Wildman–Crippen MR) is 93.0 cm³/mol. The van der Waals surface area contributed by atoms with Crippen LogP contribution in [0.5, 0.6) is 0 Å². The molecule has 26 heavy (non-hydrogen) atoms. The van der Waals surface area contributed by atoms with Crippen LogP contribution in [0, 0.1) is 11.2 Å². The Kier molecular flexibility index (Phi) is 3.29. The van der Waals surface area contributed by atoms with E-state index in [4.69, 9.17) is 4.42 Å². The summed E-state index contributed by atoms with van der Waals surface area (Å²) in [5, 5.41) is 0. The molecular formula is C20H18FN3O2. The fourth-order valence-corrected chi connectivity index (χ4v) is 4.25. The van der Waals surface area contributed by atoms with Gasteiger partial charge in [-0.05, 0) is 48.4 Å². The molecule has 1 aromatic carbocycles. The third kappa shape index (κ3) is 2.36. The second-order valence-electron chi connectivity index (χ2n) is 7.28. The molecule has 0 N–H and O–H groups in total. The van der Waals surface area contributed by atoms with E-state index in [9.17, 15) is 9.18 Å². The van der Waals surface area contributed by atoms with Crippen LogP contribution in [0.4, 0.5) is 4.39 Å². The summed E-state index contributed by atoms with van der Waals surface area (Å²) in [7, 11) is 0. The SMILES string of the molecule is O=C(c1ccco1)N1CC[C@@]2(Cc3ncc(-c4ccc(F)cc4)n3C2)C1. The minimum atomic E-state index is -0.241. The zero-order valence-electron chi connectivity index (χ0n) is 14.2. The number of benzene rings is 1. The maximum atomic E-state index is 13.2. The van der Waals surface area contributed by atoms with Gasteiger partial charge in [-0.15, -0.1) is 0 Å². The van der Waals surface area contributed by atoms with Gasteiger partial charge < -0.3 is 13.9 Å². The minimum Gasteiger partial charge on any atom is -0.459 e. The maximum Gasteiger partial charge on any atom is 0.289 e. The molecule has 0 bridgehead atoms. The van der Waals surface area contributed by atoms with Crippen LogP contribution in [-0.2, 0) is 13.0 Å². The lowest BCUT2D eigenvalue weighted by molar-refractivity contribution is 0.0740. The van der Waals surface area contributed by atoms with Gasteiger partial charge in [0.2, 0.25) is 0 Å². The standard InChI is InChI=1S/C20H18FN3O2/c21-15-5-3-14(4-6-15)16-11-22-18-10-20(13-24(16)18)7-8-23(12-20)19(25)17-2-1-9-26-17/h1-6,9,11H,7-8,10,12-13H2/t20-/m1/s1. The Morgan fingerprint density at radius 1 is 1.19 bits per heavy atom. The van der Waals surface area contributed by atoms with Gasteiger partial charge in [-0.25, -0.2) is 9.37 Å². The van der Waals surface area contributed by atoms with Crippen LogP contribution in [0.15, 0.2) is 53.3 Å². The summed E-state index contributed by atoms with van der Waals surface area (Å²) in [5.41, 5.74) is 2.00. The molecule has 5 nitrogen and oxygen atoms in total. The van der Waals surface area contributed by atoms with Gasteiger partial charge in [-0.3, -0.25) is 4.79 Å². The van der Waals surface area contributed by atoms with Crippen LogP contribution in [0.1, 0.15) is 22.8 Å². The highest BCUT2D eigenvalue weighted by atomic mass is 19.1. The zero-order valence-corrected chi connectivity index (χ0v) is 14.2. The van der Waals surface area contributed by atoms with E-state index < -0.39 is 0 Å². The monoisotopic (exact) mass is 351 g/mol. The fraction of sp³-hybridized carbons (Fsp3) is 0.300. The van der Waals surface area contributed by atoms with Crippen molar-refractivity contribution in [1.82, 2.24) is 14.5 Å². The number of hydrogen-bond acceptors (Lipinski definition) is 3. The first-order valence-corrected chi connectivity index (χ1v) is 8.77. The van der Waals surface area contributed by atoms with Gasteiger partial charge in [0.15, 0.2) is 5.76 Å². The summed E-state index contributed by atoms with van der Waals surface area (Å²) >= 11 is 0. The molecule has 6 heteroatoms. The number of aromatic nitrogens is 2. The van der Waals surface area contributed by atoms with E-state index in [1.165, 1.54) is 18.4 Å². The number of fused-ring (bicyclic) bond motifs is 1. The van der Waals surface area contributed by atoms with Crippen LogP contribution in [0.3, 0.4) is 0 Å². The molecule has 0 radical (unpaired) electrons. The first kappa shape index (κ1) is 15.4. The molecule has 2 aromatic heterocycles. The average Bonchev–Trinajstić information content (AvgIpc) is 3.40. The molecule has 1 atom stereocenters. The molecule has 5 rings (SSSR count). The number of carbonyl (C=O) groups is 1. The summed E-state index contributed by atoms with van der Waals surface area (Å²) in [4.78, 5) is 19.0. The van der Waals surface area contributed by atoms with E-state index in [1.54, 1.807) is 24.3 Å². The fourth-order valence-electron chi connectivity index (χ4n) is 4.25. The van der Waals surface area contributed by atoms with Gasteiger partial charge in [-0.1, -0.05) is 0 Å². The molecule has 2 aliphatic heterocycles. The number of furan rings is 1. The van der Waals surface area contributed by atoms with Gasteiger partial charge in [0.05, 0.1) is 18.2 Å². The Morgan fingerprint density at radius 3 is 2.81 bits per heavy atom. The van der Waals surface area contributed by atoms with Crippen molar-refractivity contribution in [2.45, 2.75) is 19.4 Å². The van der Waals surface area contributed by atoms with E-state index in [0.29, 0.717) is 12.3 Å². The molecule has 1 saturated heterocycles. The number of carbonyl (C=O) groups excluding carboxylic acids is 1. The van der Waals surface area contributed by atoms with Crippen molar-refractivity contribution in [1.29, 1.82) is 0 Å². The van der Waals surface area contributed by atoms with E-state index in [1.807, 2.05) is 11.1 Å². The van der Waals surface area contributed by atoms with Crippen molar-refractivity contribution in [2.75, 3.05) is 13.1 Å². The largest absolute Gasteiger partial charge is 0.459 e.